The molecule has 0 saturated heterocycles. The summed E-state index contributed by atoms with van der Waals surface area (Å²) in [4.78, 5) is 0. The Morgan fingerprint density at radius 3 is 2.43 bits per heavy atom. The summed E-state index contributed by atoms with van der Waals surface area (Å²) in [6.07, 6.45) is 3.13. The first-order valence-corrected chi connectivity index (χ1v) is 5.43. The van der Waals surface area contributed by atoms with Crippen molar-refractivity contribution in [3.05, 3.63) is 35.1 Å². The second kappa shape index (κ2) is 5.14. The zero-order chi connectivity index (χ0) is 10.6. The quantitative estimate of drug-likeness (QED) is 0.676. The number of hydrogen-bond acceptors (Lipinski definition) is 0. The average Bonchev–Trinajstić information content (AvgIpc) is 2.20. The van der Waals surface area contributed by atoms with Crippen molar-refractivity contribution in [2.45, 2.75) is 40.0 Å². The molecule has 0 amide bonds. The minimum Gasteiger partial charge on any atom is -0.206 e. The van der Waals surface area contributed by atoms with Crippen molar-refractivity contribution in [3.8, 4) is 0 Å². The molecule has 0 radical (unpaired) electrons. The highest BCUT2D eigenvalue weighted by Gasteiger charge is 2.09. The van der Waals surface area contributed by atoms with Crippen molar-refractivity contribution in [2.75, 3.05) is 0 Å². The lowest BCUT2D eigenvalue weighted by molar-refractivity contribution is 0.475. The molecule has 0 bridgehead atoms. The third-order valence-corrected chi connectivity index (χ3v) is 2.94. The highest BCUT2D eigenvalue weighted by molar-refractivity contribution is 5.25. The molecular weight excluding hydrogens is 175 g/mol. The van der Waals surface area contributed by atoms with Crippen molar-refractivity contribution in [3.63, 3.8) is 0 Å². The number of rotatable bonds is 4. The molecular formula is C13H19F. The minimum absolute atomic E-state index is 0.0144. The van der Waals surface area contributed by atoms with Gasteiger partial charge in [-0.15, -0.1) is 0 Å². The first-order chi connectivity index (χ1) is 6.69. The fourth-order valence-corrected chi connectivity index (χ4v) is 1.75. The second-order valence-corrected chi connectivity index (χ2v) is 3.93. The molecule has 0 aromatic heterocycles. The summed E-state index contributed by atoms with van der Waals surface area (Å²) >= 11 is 0. The van der Waals surface area contributed by atoms with Crippen LogP contribution < -0.4 is 0 Å². The molecule has 0 fully saturated rings. The van der Waals surface area contributed by atoms with Gasteiger partial charge < -0.3 is 0 Å². The van der Waals surface area contributed by atoms with Crippen LogP contribution in [0.5, 0.6) is 0 Å². The van der Waals surface area contributed by atoms with Crippen LogP contribution in [-0.2, 0) is 6.42 Å². The Balaban J connectivity index is 2.80. The third kappa shape index (κ3) is 2.57. The SMILES string of the molecule is CCC(CC)Cc1cccc(C)c1F. The molecule has 78 valence electrons. The Morgan fingerprint density at radius 1 is 1.21 bits per heavy atom. The fourth-order valence-electron chi connectivity index (χ4n) is 1.75. The van der Waals surface area contributed by atoms with Crippen LogP contribution in [0.2, 0.25) is 0 Å². The van der Waals surface area contributed by atoms with Gasteiger partial charge in [-0.1, -0.05) is 44.9 Å². The van der Waals surface area contributed by atoms with E-state index in [1.54, 1.807) is 0 Å². The summed E-state index contributed by atoms with van der Waals surface area (Å²) in [7, 11) is 0. The van der Waals surface area contributed by atoms with E-state index in [9.17, 15) is 4.39 Å². The van der Waals surface area contributed by atoms with Crippen molar-refractivity contribution < 1.29 is 4.39 Å². The molecule has 1 rings (SSSR count). The largest absolute Gasteiger partial charge is 0.206 e. The van der Waals surface area contributed by atoms with Crippen LogP contribution >= 0.6 is 0 Å². The number of halogens is 1. The Labute approximate surface area is 86.2 Å². The van der Waals surface area contributed by atoms with E-state index in [1.165, 1.54) is 0 Å². The third-order valence-electron chi connectivity index (χ3n) is 2.94. The van der Waals surface area contributed by atoms with Gasteiger partial charge in [-0.3, -0.25) is 0 Å². The summed E-state index contributed by atoms with van der Waals surface area (Å²) in [5.74, 6) is 0.602. The summed E-state index contributed by atoms with van der Waals surface area (Å²) in [6.45, 7) is 6.16. The fraction of sp³-hybridized carbons (Fsp3) is 0.538. The van der Waals surface area contributed by atoms with E-state index in [0.29, 0.717) is 5.92 Å². The predicted molar refractivity (Wildman–Crippen MR) is 58.9 cm³/mol. The molecule has 14 heavy (non-hydrogen) atoms. The van der Waals surface area contributed by atoms with Crippen LogP contribution in [-0.4, -0.2) is 0 Å². The maximum absolute atomic E-state index is 13.6. The van der Waals surface area contributed by atoms with Gasteiger partial charge in [0, 0.05) is 0 Å². The van der Waals surface area contributed by atoms with E-state index < -0.39 is 0 Å². The highest BCUT2D eigenvalue weighted by atomic mass is 19.1. The van der Waals surface area contributed by atoms with Gasteiger partial charge in [-0.25, -0.2) is 4.39 Å². The Kier molecular flexibility index (Phi) is 4.12. The van der Waals surface area contributed by atoms with Crippen molar-refractivity contribution in [1.82, 2.24) is 0 Å². The van der Waals surface area contributed by atoms with E-state index in [1.807, 2.05) is 25.1 Å². The standard InChI is InChI=1S/C13H19F/c1-4-11(5-2)9-12-8-6-7-10(3)13(12)14/h6-8,11H,4-5,9H2,1-3H3. The Bertz CT molecular complexity index is 287. The van der Waals surface area contributed by atoms with E-state index >= 15 is 0 Å². The topological polar surface area (TPSA) is 0 Å². The average molecular weight is 194 g/mol. The van der Waals surface area contributed by atoms with Crippen LogP contribution in [0, 0.1) is 18.7 Å². The van der Waals surface area contributed by atoms with E-state index in [-0.39, 0.29) is 5.82 Å². The van der Waals surface area contributed by atoms with Crippen molar-refractivity contribution in [2.24, 2.45) is 5.92 Å². The molecule has 1 aromatic carbocycles. The van der Waals surface area contributed by atoms with Gasteiger partial charge in [0.1, 0.15) is 5.82 Å². The maximum Gasteiger partial charge on any atom is 0.129 e. The predicted octanol–water partition coefficient (Wildman–Crippen LogP) is 4.11. The van der Waals surface area contributed by atoms with Crippen LogP contribution in [0.25, 0.3) is 0 Å². The van der Waals surface area contributed by atoms with Crippen molar-refractivity contribution >= 4 is 0 Å². The molecule has 0 heterocycles. The number of hydrogen-bond donors (Lipinski definition) is 0. The summed E-state index contributed by atoms with van der Waals surface area (Å²) in [6, 6.07) is 5.67. The Morgan fingerprint density at radius 2 is 1.86 bits per heavy atom. The van der Waals surface area contributed by atoms with Crippen LogP contribution in [0.4, 0.5) is 4.39 Å². The smallest absolute Gasteiger partial charge is 0.129 e. The molecule has 1 aromatic rings. The van der Waals surface area contributed by atoms with Gasteiger partial charge >= 0.3 is 0 Å². The molecule has 0 saturated carbocycles. The second-order valence-electron chi connectivity index (χ2n) is 3.93. The molecule has 0 nitrogen and oxygen atoms in total. The molecule has 0 aliphatic carbocycles. The van der Waals surface area contributed by atoms with Gasteiger partial charge in [0.05, 0.1) is 0 Å². The van der Waals surface area contributed by atoms with E-state index in [4.69, 9.17) is 0 Å². The lowest BCUT2D eigenvalue weighted by Gasteiger charge is -2.13. The van der Waals surface area contributed by atoms with E-state index in [2.05, 4.69) is 13.8 Å². The molecule has 0 N–H and O–H groups in total. The Hall–Kier alpha value is -0.850. The molecule has 0 spiro atoms. The monoisotopic (exact) mass is 194 g/mol. The number of benzene rings is 1. The lowest BCUT2D eigenvalue weighted by atomic mass is 9.93. The minimum atomic E-state index is -0.0144. The summed E-state index contributed by atoms with van der Waals surface area (Å²) in [5.41, 5.74) is 1.63. The highest BCUT2D eigenvalue weighted by Crippen LogP contribution is 2.19. The van der Waals surface area contributed by atoms with E-state index in [0.717, 1.165) is 30.4 Å². The first kappa shape index (κ1) is 11.2. The molecule has 1 heteroatoms. The normalized spacial score (nSPS) is 10.9. The molecule has 0 aliphatic heterocycles. The zero-order valence-electron chi connectivity index (χ0n) is 9.31. The van der Waals surface area contributed by atoms with Crippen molar-refractivity contribution in [1.29, 1.82) is 0 Å². The lowest BCUT2D eigenvalue weighted by Crippen LogP contribution is -2.04. The van der Waals surface area contributed by atoms with Crippen LogP contribution in [0.1, 0.15) is 37.8 Å². The van der Waals surface area contributed by atoms with Gasteiger partial charge in [0.25, 0.3) is 0 Å². The van der Waals surface area contributed by atoms with Crippen LogP contribution in [0.3, 0.4) is 0 Å². The number of aryl methyl sites for hydroxylation is 1. The van der Waals surface area contributed by atoms with Gasteiger partial charge in [0.15, 0.2) is 0 Å². The van der Waals surface area contributed by atoms with Crippen LogP contribution in [0.15, 0.2) is 18.2 Å². The molecule has 0 aliphatic rings. The van der Waals surface area contributed by atoms with Gasteiger partial charge in [0.2, 0.25) is 0 Å². The summed E-state index contributed by atoms with van der Waals surface area (Å²) in [5, 5.41) is 0. The zero-order valence-corrected chi connectivity index (χ0v) is 9.31. The first-order valence-electron chi connectivity index (χ1n) is 5.43. The van der Waals surface area contributed by atoms with Gasteiger partial charge in [-0.05, 0) is 30.4 Å². The summed E-state index contributed by atoms with van der Waals surface area (Å²) < 4.78 is 13.6. The molecule has 0 atom stereocenters. The van der Waals surface area contributed by atoms with Gasteiger partial charge in [-0.2, -0.15) is 0 Å². The molecule has 0 unspecified atom stereocenters. The maximum atomic E-state index is 13.6.